The van der Waals surface area contributed by atoms with Crippen LogP contribution >= 0.6 is 15.9 Å². The highest BCUT2D eigenvalue weighted by atomic mass is 79.9. The second kappa shape index (κ2) is 6.17. The molecule has 20 heavy (non-hydrogen) atoms. The van der Waals surface area contributed by atoms with Crippen LogP contribution in [0, 0.1) is 21.4 Å². The van der Waals surface area contributed by atoms with Crippen molar-refractivity contribution in [1.29, 1.82) is 5.26 Å². The number of halogens is 1. The van der Waals surface area contributed by atoms with Gasteiger partial charge in [-0.05, 0) is 39.7 Å². The Balaban J connectivity index is 2.09. The van der Waals surface area contributed by atoms with Crippen molar-refractivity contribution in [3.63, 3.8) is 0 Å². The summed E-state index contributed by atoms with van der Waals surface area (Å²) < 4.78 is 0.712. The molecule has 6 heteroatoms. The molecule has 0 fully saturated rings. The summed E-state index contributed by atoms with van der Waals surface area (Å²) in [5, 5.41) is 22.7. The Bertz CT molecular complexity index is 695. The molecule has 0 saturated heterocycles. The number of hydrogen-bond donors (Lipinski definition) is 1. The Kier molecular flexibility index (Phi) is 4.33. The zero-order chi connectivity index (χ0) is 14.5. The average molecular weight is 332 g/mol. The van der Waals surface area contributed by atoms with E-state index in [2.05, 4.69) is 27.3 Å². The standard InChI is InChI=1S/C14H10BrN3O2/c15-14-7-12(5-4-11(14)8-16)17-9-10-2-1-3-13(6-10)18(19)20/h1-7,17H,9H2. The fourth-order valence-corrected chi connectivity index (χ4v) is 2.17. The molecule has 5 nitrogen and oxygen atoms in total. The van der Waals surface area contributed by atoms with Crippen LogP contribution in [0.1, 0.15) is 11.1 Å². The van der Waals surface area contributed by atoms with Gasteiger partial charge in [0.25, 0.3) is 5.69 Å². The molecule has 0 atom stereocenters. The van der Waals surface area contributed by atoms with Crippen molar-refractivity contribution in [3.05, 3.63) is 68.2 Å². The van der Waals surface area contributed by atoms with Gasteiger partial charge in [-0.15, -0.1) is 0 Å². The average Bonchev–Trinajstić information content (AvgIpc) is 2.45. The number of nitrogens with zero attached hydrogens (tertiary/aromatic N) is 2. The molecule has 0 aliphatic heterocycles. The van der Waals surface area contributed by atoms with Crippen LogP contribution in [0.15, 0.2) is 46.9 Å². The van der Waals surface area contributed by atoms with Gasteiger partial charge in [0.15, 0.2) is 0 Å². The van der Waals surface area contributed by atoms with Crippen LogP contribution in [0.3, 0.4) is 0 Å². The van der Waals surface area contributed by atoms with Crippen LogP contribution in [-0.2, 0) is 6.54 Å². The molecule has 2 rings (SSSR count). The topological polar surface area (TPSA) is 79.0 Å². The molecule has 0 amide bonds. The smallest absolute Gasteiger partial charge is 0.269 e. The predicted octanol–water partition coefficient (Wildman–Crippen LogP) is 3.84. The van der Waals surface area contributed by atoms with Gasteiger partial charge in [0.1, 0.15) is 6.07 Å². The van der Waals surface area contributed by atoms with E-state index < -0.39 is 4.92 Å². The number of anilines is 1. The highest BCUT2D eigenvalue weighted by molar-refractivity contribution is 9.10. The van der Waals surface area contributed by atoms with E-state index in [1.807, 2.05) is 6.07 Å². The molecule has 0 spiro atoms. The third-order valence-corrected chi connectivity index (χ3v) is 3.36. The number of nitro groups is 1. The molecule has 0 radical (unpaired) electrons. The molecule has 0 saturated carbocycles. The van der Waals surface area contributed by atoms with E-state index >= 15 is 0 Å². The Labute approximate surface area is 124 Å². The highest BCUT2D eigenvalue weighted by Crippen LogP contribution is 2.21. The van der Waals surface area contributed by atoms with Crippen LogP contribution in [0.2, 0.25) is 0 Å². The summed E-state index contributed by atoms with van der Waals surface area (Å²) in [7, 11) is 0. The van der Waals surface area contributed by atoms with Crippen molar-refractivity contribution in [2.45, 2.75) is 6.54 Å². The molecular formula is C14H10BrN3O2. The first-order valence-electron chi connectivity index (χ1n) is 5.77. The molecule has 2 aromatic rings. The Morgan fingerprint density at radius 3 is 2.75 bits per heavy atom. The first kappa shape index (κ1) is 14.0. The van der Waals surface area contributed by atoms with Crippen LogP contribution in [0.4, 0.5) is 11.4 Å². The lowest BCUT2D eigenvalue weighted by molar-refractivity contribution is -0.384. The van der Waals surface area contributed by atoms with Crippen molar-refractivity contribution in [3.8, 4) is 6.07 Å². The second-order valence-electron chi connectivity index (χ2n) is 4.09. The molecule has 0 aliphatic carbocycles. The molecule has 0 aromatic heterocycles. The van der Waals surface area contributed by atoms with Crippen molar-refractivity contribution in [1.82, 2.24) is 0 Å². The Morgan fingerprint density at radius 2 is 2.10 bits per heavy atom. The maximum Gasteiger partial charge on any atom is 0.269 e. The van der Waals surface area contributed by atoms with E-state index in [9.17, 15) is 10.1 Å². The minimum absolute atomic E-state index is 0.0744. The maximum atomic E-state index is 10.7. The third-order valence-electron chi connectivity index (χ3n) is 2.71. The normalized spacial score (nSPS) is 9.80. The molecule has 0 heterocycles. The number of rotatable bonds is 4. The van der Waals surface area contributed by atoms with Crippen molar-refractivity contribution >= 4 is 27.3 Å². The summed E-state index contributed by atoms with van der Waals surface area (Å²) in [6.07, 6.45) is 0. The summed E-state index contributed by atoms with van der Waals surface area (Å²) in [5.74, 6) is 0. The minimum Gasteiger partial charge on any atom is -0.381 e. The Morgan fingerprint density at radius 1 is 1.30 bits per heavy atom. The van der Waals surface area contributed by atoms with E-state index in [-0.39, 0.29) is 5.69 Å². The van der Waals surface area contributed by atoms with E-state index in [1.165, 1.54) is 12.1 Å². The fourth-order valence-electron chi connectivity index (χ4n) is 1.70. The second-order valence-corrected chi connectivity index (χ2v) is 4.94. The van der Waals surface area contributed by atoms with Gasteiger partial charge in [-0.2, -0.15) is 5.26 Å². The van der Waals surface area contributed by atoms with Crippen LogP contribution in [0.25, 0.3) is 0 Å². The number of nitrogens with one attached hydrogen (secondary N) is 1. The molecule has 0 bridgehead atoms. The maximum absolute atomic E-state index is 10.7. The SMILES string of the molecule is N#Cc1ccc(NCc2cccc([N+](=O)[O-])c2)cc1Br. The highest BCUT2D eigenvalue weighted by Gasteiger charge is 2.06. The first-order valence-corrected chi connectivity index (χ1v) is 6.56. The molecule has 100 valence electrons. The quantitative estimate of drug-likeness (QED) is 0.681. The lowest BCUT2D eigenvalue weighted by Crippen LogP contribution is -2.00. The number of hydrogen-bond acceptors (Lipinski definition) is 4. The van der Waals surface area contributed by atoms with Gasteiger partial charge in [0, 0.05) is 28.8 Å². The summed E-state index contributed by atoms with van der Waals surface area (Å²) in [6.45, 7) is 0.472. The zero-order valence-electron chi connectivity index (χ0n) is 10.3. The number of nitriles is 1. The van der Waals surface area contributed by atoms with Crippen LogP contribution in [0.5, 0.6) is 0 Å². The molecule has 0 unspecified atom stereocenters. The number of benzene rings is 2. The monoisotopic (exact) mass is 331 g/mol. The van der Waals surface area contributed by atoms with Crippen LogP contribution < -0.4 is 5.32 Å². The summed E-state index contributed by atoms with van der Waals surface area (Å²) >= 11 is 3.31. The van der Waals surface area contributed by atoms with Gasteiger partial charge in [-0.3, -0.25) is 10.1 Å². The van der Waals surface area contributed by atoms with Gasteiger partial charge >= 0.3 is 0 Å². The van der Waals surface area contributed by atoms with E-state index in [1.54, 1.807) is 24.3 Å². The van der Waals surface area contributed by atoms with Gasteiger partial charge < -0.3 is 5.32 Å². The van der Waals surface area contributed by atoms with E-state index in [0.717, 1.165) is 11.3 Å². The van der Waals surface area contributed by atoms with Gasteiger partial charge in [0.05, 0.1) is 10.5 Å². The van der Waals surface area contributed by atoms with Gasteiger partial charge in [0.2, 0.25) is 0 Å². The van der Waals surface area contributed by atoms with Gasteiger partial charge in [-0.25, -0.2) is 0 Å². The zero-order valence-corrected chi connectivity index (χ0v) is 11.9. The fraction of sp³-hybridized carbons (Fsp3) is 0.0714. The Hall–Kier alpha value is -2.39. The number of nitro benzene ring substituents is 1. The molecular weight excluding hydrogens is 322 g/mol. The van der Waals surface area contributed by atoms with Crippen molar-refractivity contribution < 1.29 is 4.92 Å². The van der Waals surface area contributed by atoms with Gasteiger partial charge in [-0.1, -0.05) is 12.1 Å². The van der Waals surface area contributed by atoms with Crippen molar-refractivity contribution in [2.24, 2.45) is 0 Å². The molecule has 2 aromatic carbocycles. The molecule has 0 aliphatic rings. The summed E-state index contributed by atoms with van der Waals surface area (Å²) in [4.78, 5) is 10.3. The molecule has 1 N–H and O–H groups in total. The van der Waals surface area contributed by atoms with E-state index in [4.69, 9.17) is 5.26 Å². The minimum atomic E-state index is -0.415. The predicted molar refractivity (Wildman–Crippen MR) is 79.3 cm³/mol. The first-order chi connectivity index (χ1) is 9.60. The number of non-ortho nitro benzene ring substituents is 1. The van der Waals surface area contributed by atoms with Crippen LogP contribution in [-0.4, -0.2) is 4.92 Å². The third kappa shape index (κ3) is 3.33. The van der Waals surface area contributed by atoms with E-state index in [0.29, 0.717) is 16.6 Å². The summed E-state index contributed by atoms with van der Waals surface area (Å²) in [6, 6.07) is 13.8. The lowest BCUT2D eigenvalue weighted by Gasteiger charge is -2.07. The largest absolute Gasteiger partial charge is 0.381 e. The van der Waals surface area contributed by atoms with Crippen molar-refractivity contribution in [2.75, 3.05) is 5.32 Å². The summed E-state index contributed by atoms with van der Waals surface area (Å²) in [5.41, 5.74) is 2.29. The lowest BCUT2D eigenvalue weighted by atomic mass is 10.2.